The van der Waals surface area contributed by atoms with Gasteiger partial charge in [0.05, 0.1) is 10.7 Å². The van der Waals surface area contributed by atoms with E-state index in [1.165, 1.54) is 12.1 Å². The van der Waals surface area contributed by atoms with Crippen LogP contribution in [0.4, 0.5) is 10.1 Å². The minimum absolute atomic E-state index is 0.0327. The monoisotopic (exact) mass is 320 g/mol. The first kappa shape index (κ1) is 12.8. The predicted molar refractivity (Wildman–Crippen MR) is 68.6 cm³/mol. The van der Waals surface area contributed by atoms with Crippen molar-refractivity contribution in [3.05, 3.63) is 27.4 Å². The number of rotatable bonds is 2. The zero-order valence-electron chi connectivity index (χ0n) is 8.92. The third-order valence-electron chi connectivity index (χ3n) is 2.79. The summed E-state index contributed by atoms with van der Waals surface area (Å²) < 4.78 is 13.6. The summed E-state index contributed by atoms with van der Waals surface area (Å²) in [5.41, 5.74) is 6.08. The lowest BCUT2D eigenvalue weighted by atomic mass is 10.1. The molecule has 1 aromatic carbocycles. The van der Waals surface area contributed by atoms with Crippen molar-refractivity contribution < 1.29 is 9.18 Å². The van der Waals surface area contributed by atoms with Crippen LogP contribution < -0.4 is 10.6 Å². The van der Waals surface area contributed by atoms with Gasteiger partial charge in [-0.2, -0.15) is 0 Å². The molecule has 1 fully saturated rings. The quantitative estimate of drug-likeness (QED) is 0.910. The van der Waals surface area contributed by atoms with E-state index in [9.17, 15) is 9.18 Å². The van der Waals surface area contributed by atoms with Gasteiger partial charge in [-0.25, -0.2) is 4.39 Å². The normalized spacial score (nSPS) is 20.1. The molecule has 1 aliphatic heterocycles. The fraction of sp³-hybridized carbons (Fsp3) is 0.364. The Morgan fingerprint density at radius 3 is 2.82 bits per heavy atom. The second-order valence-electron chi connectivity index (χ2n) is 4.03. The van der Waals surface area contributed by atoms with Crippen LogP contribution in [0.1, 0.15) is 6.42 Å². The molecule has 0 saturated carbocycles. The van der Waals surface area contributed by atoms with Crippen LogP contribution in [0, 0.1) is 11.7 Å². The minimum Gasteiger partial charge on any atom is -0.330 e. The van der Waals surface area contributed by atoms with Crippen molar-refractivity contribution in [2.45, 2.75) is 6.42 Å². The van der Waals surface area contributed by atoms with Crippen molar-refractivity contribution >= 4 is 39.1 Å². The van der Waals surface area contributed by atoms with Gasteiger partial charge < -0.3 is 10.6 Å². The molecule has 1 saturated heterocycles. The van der Waals surface area contributed by atoms with Gasteiger partial charge in [0.1, 0.15) is 5.82 Å². The van der Waals surface area contributed by atoms with Gasteiger partial charge in [-0.15, -0.1) is 0 Å². The Bertz CT molecular complexity index is 446. The Labute approximate surface area is 112 Å². The number of amides is 1. The maximum absolute atomic E-state index is 13.1. The second-order valence-corrected chi connectivity index (χ2v) is 5.29. The van der Waals surface area contributed by atoms with Crippen molar-refractivity contribution in [3.8, 4) is 0 Å². The smallest absolute Gasteiger partial charge is 0.227 e. The molecule has 0 spiro atoms. The third-order valence-corrected chi connectivity index (χ3v) is 3.68. The Morgan fingerprint density at radius 2 is 2.29 bits per heavy atom. The van der Waals surface area contributed by atoms with E-state index in [4.69, 9.17) is 17.3 Å². The van der Waals surface area contributed by atoms with Crippen LogP contribution in [0.5, 0.6) is 0 Å². The molecule has 1 atom stereocenters. The van der Waals surface area contributed by atoms with Crippen LogP contribution in [0.15, 0.2) is 16.6 Å². The van der Waals surface area contributed by atoms with Crippen LogP contribution in [0.3, 0.4) is 0 Å². The van der Waals surface area contributed by atoms with Gasteiger partial charge in [-0.05, 0) is 40.5 Å². The lowest BCUT2D eigenvalue weighted by Gasteiger charge is -2.19. The maximum atomic E-state index is 13.1. The summed E-state index contributed by atoms with van der Waals surface area (Å²) >= 11 is 9.20. The number of carbonyl (C=O) groups is 1. The first-order valence-electron chi connectivity index (χ1n) is 5.18. The molecular weight excluding hydrogens is 310 g/mol. The highest BCUT2D eigenvalue weighted by atomic mass is 79.9. The molecule has 0 aromatic heterocycles. The number of nitrogens with zero attached hydrogens (tertiary/aromatic N) is 1. The van der Waals surface area contributed by atoms with Crippen LogP contribution in [0.25, 0.3) is 0 Å². The molecule has 92 valence electrons. The van der Waals surface area contributed by atoms with Gasteiger partial charge in [-0.3, -0.25) is 4.79 Å². The summed E-state index contributed by atoms with van der Waals surface area (Å²) in [5, 5.41) is 0.225. The molecular formula is C11H11BrClFN2O. The van der Waals surface area contributed by atoms with Crippen molar-refractivity contribution in [2.75, 3.05) is 18.0 Å². The molecule has 1 unspecified atom stereocenters. The van der Waals surface area contributed by atoms with Crippen LogP contribution in [-0.4, -0.2) is 19.0 Å². The molecule has 6 heteroatoms. The highest BCUT2D eigenvalue weighted by Gasteiger charge is 2.32. The van der Waals surface area contributed by atoms with Crippen LogP contribution in [0.2, 0.25) is 5.02 Å². The molecule has 1 aromatic rings. The topological polar surface area (TPSA) is 46.3 Å². The van der Waals surface area contributed by atoms with E-state index >= 15 is 0 Å². The average molecular weight is 322 g/mol. The Hall–Kier alpha value is -0.650. The summed E-state index contributed by atoms with van der Waals surface area (Å²) in [4.78, 5) is 13.4. The van der Waals surface area contributed by atoms with E-state index in [2.05, 4.69) is 15.9 Å². The molecule has 2 rings (SSSR count). The predicted octanol–water partition coefficient (Wildman–Crippen LogP) is 2.55. The fourth-order valence-electron chi connectivity index (χ4n) is 1.95. The SMILES string of the molecule is NCC1CC(=O)N(c2c(Cl)cc(F)cc2Br)C1. The molecule has 2 N–H and O–H groups in total. The van der Waals surface area contributed by atoms with E-state index in [1.54, 1.807) is 4.90 Å². The summed E-state index contributed by atoms with van der Waals surface area (Å²) in [7, 11) is 0. The van der Waals surface area contributed by atoms with E-state index < -0.39 is 5.82 Å². The van der Waals surface area contributed by atoms with Crippen molar-refractivity contribution in [1.29, 1.82) is 0 Å². The van der Waals surface area contributed by atoms with Crippen LogP contribution in [-0.2, 0) is 4.79 Å². The number of carbonyl (C=O) groups excluding carboxylic acids is 1. The number of benzene rings is 1. The Balaban J connectivity index is 2.38. The summed E-state index contributed by atoms with van der Waals surface area (Å²) in [6.45, 7) is 0.984. The van der Waals surface area contributed by atoms with Crippen LogP contribution >= 0.6 is 27.5 Å². The number of anilines is 1. The molecule has 3 nitrogen and oxygen atoms in total. The average Bonchev–Trinajstić information content (AvgIpc) is 2.59. The zero-order chi connectivity index (χ0) is 12.6. The van der Waals surface area contributed by atoms with E-state index in [1.807, 2.05) is 0 Å². The number of nitrogens with two attached hydrogens (primary N) is 1. The molecule has 0 radical (unpaired) electrons. The summed E-state index contributed by atoms with van der Waals surface area (Å²) in [5.74, 6) is -0.335. The van der Waals surface area contributed by atoms with Gasteiger partial charge >= 0.3 is 0 Å². The van der Waals surface area contributed by atoms with Gasteiger partial charge in [0.15, 0.2) is 0 Å². The molecule has 1 heterocycles. The van der Waals surface area contributed by atoms with E-state index in [-0.39, 0.29) is 16.8 Å². The summed E-state index contributed by atoms with van der Waals surface area (Å²) in [6.07, 6.45) is 0.413. The van der Waals surface area contributed by atoms with Crippen molar-refractivity contribution in [1.82, 2.24) is 0 Å². The molecule has 1 aliphatic rings. The summed E-state index contributed by atoms with van der Waals surface area (Å²) in [6, 6.07) is 2.50. The van der Waals surface area contributed by atoms with Gasteiger partial charge in [0.25, 0.3) is 0 Å². The minimum atomic E-state index is -0.437. The first-order chi connectivity index (χ1) is 8.02. The highest BCUT2D eigenvalue weighted by molar-refractivity contribution is 9.10. The van der Waals surface area contributed by atoms with Crippen molar-refractivity contribution in [2.24, 2.45) is 11.7 Å². The largest absolute Gasteiger partial charge is 0.330 e. The van der Waals surface area contributed by atoms with E-state index in [0.29, 0.717) is 29.7 Å². The molecule has 17 heavy (non-hydrogen) atoms. The molecule has 0 aliphatic carbocycles. The van der Waals surface area contributed by atoms with E-state index in [0.717, 1.165) is 0 Å². The third kappa shape index (κ3) is 2.46. The van der Waals surface area contributed by atoms with Crippen molar-refractivity contribution in [3.63, 3.8) is 0 Å². The van der Waals surface area contributed by atoms with Gasteiger partial charge in [-0.1, -0.05) is 11.6 Å². The first-order valence-corrected chi connectivity index (χ1v) is 6.35. The lowest BCUT2D eigenvalue weighted by molar-refractivity contribution is -0.117. The van der Waals surface area contributed by atoms with Gasteiger partial charge in [0.2, 0.25) is 5.91 Å². The maximum Gasteiger partial charge on any atom is 0.227 e. The number of hydrogen-bond donors (Lipinski definition) is 1. The molecule has 1 amide bonds. The second kappa shape index (κ2) is 4.92. The Kier molecular flexibility index (Phi) is 3.70. The Morgan fingerprint density at radius 1 is 1.59 bits per heavy atom. The highest BCUT2D eigenvalue weighted by Crippen LogP contribution is 2.37. The number of hydrogen-bond acceptors (Lipinski definition) is 2. The molecule has 0 bridgehead atoms. The van der Waals surface area contributed by atoms with Gasteiger partial charge in [0, 0.05) is 17.4 Å². The fourth-order valence-corrected chi connectivity index (χ4v) is 3.02. The number of halogens is 3. The lowest BCUT2D eigenvalue weighted by Crippen LogP contribution is -2.26. The standard InChI is InChI=1S/C11H11BrClFN2O/c12-8-2-7(14)3-9(13)11(8)16-5-6(4-15)1-10(16)17/h2-3,6H,1,4-5,15H2. The zero-order valence-corrected chi connectivity index (χ0v) is 11.3.